The van der Waals surface area contributed by atoms with Crippen molar-refractivity contribution in [3.05, 3.63) is 70.7 Å². The van der Waals surface area contributed by atoms with Crippen molar-refractivity contribution in [3.63, 3.8) is 0 Å². The van der Waals surface area contributed by atoms with Gasteiger partial charge in [-0.25, -0.2) is 9.69 Å². The van der Waals surface area contributed by atoms with E-state index in [2.05, 4.69) is 0 Å². The Kier molecular flexibility index (Phi) is 5.16. The Hall–Kier alpha value is -2.33. The van der Waals surface area contributed by atoms with Crippen LogP contribution in [-0.4, -0.2) is 29.5 Å². The maximum absolute atomic E-state index is 12.5. The van der Waals surface area contributed by atoms with Crippen LogP contribution in [0.25, 0.3) is 0 Å². The summed E-state index contributed by atoms with van der Waals surface area (Å²) < 4.78 is 5.09. The summed E-state index contributed by atoms with van der Waals surface area (Å²) in [4.78, 5) is 25.7. The number of carbonyl (C=O) groups is 2. The predicted octanol–water partition coefficient (Wildman–Crippen LogP) is 3.86. The molecule has 0 radical (unpaired) electrons. The number of aryl methyl sites for hydroxylation is 1. The van der Waals surface area contributed by atoms with Crippen molar-refractivity contribution in [1.82, 2.24) is 4.90 Å². The van der Waals surface area contributed by atoms with Crippen LogP contribution in [0, 0.1) is 0 Å². The fraction of sp³-hybridized carbons (Fsp3) is 0.263. The van der Waals surface area contributed by atoms with Crippen LogP contribution in [0.5, 0.6) is 0 Å². The molecule has 1 aliphatic heterocycles. The van der Waals surface area contributed by atoms with Crippen LogP contribution in [0.4, 0.5) is 4.79 Å². The number of hydrogen-bond acceptors (Lipinski definition) is 3. The molecular weight excluding hydrogens is 326 g/mol. The van der Waals surface area contributed by atoms with E-state index in [9.17, 15) is 9.59 Å². The van der Waals surface area contributed by atoms with E-state index in [0.29, 0.717) is 17.9 Å². The highest BCUT2D eigenvalue weighted by Gasteiger charge is 2.37. The molecule has 0 aliphatic carbocycles. The zero-order chi connectivity index (χ0) is 16.9. The first-order chi connectivity index (χ1) is 11.6. The number of rotatable bonds is 5. The normalized spacial score (nSPS) is 17.0. The van der Waals surface area contributed by atoms with Gasteiger partial charge in [0.25, 0.3) is 0 Å². The van der Waals surface area contributed by atoms with E-state index >= 15 is 0 Å². The largest absolute Gasteiger partial charge is 0.447 e. The molecule has 124 valence electrons. The first-order valence-corrected chi connectivity index (χ1v) is 8.28. The highest BCUT2D eigenvalue weighted by atomic mass is 35.5. The summed E-state index contributed by atoms with van der Waals surface area (Å²) in [5.74, 6) is -0.201. The molecule has 0 spiro atoms. The summed E-state index contributed by atoms with van der Waals surface area (Å²) in [5.41, 5.74) is 2.09. The molecule has 2 aromatic carbocycles. The average Bonchev–Trinajstić information content (AvgIpc) is 2.95. The van der Waals surface area contributed by atoms with Crippen LogP contribution in [-0.2, 0) is 22.4 Å². The molecule has 5 heteroatoms. The van der Waals surface area contributed by atoms with Gasteiger partial charge in [0.1, 0.15) is 6.61 Å². The second kappa shape index (κ2) is 7.49. The monoisotopic (exact) mass is 343 g/mol. The van der Waals surface area contributed by atoms with Gasteiger partial charge in [0.2, 0.25) is 5.91 Å². The number of nitrogens with zero attached hydrogens (tertiary/aromatic N) is 1. The summed E-state index contributed by atoms with van der Waals surface area (Å²) in [6.45, 7) is 0.250. The van der Waals surface area contributed by atoms with Gasteiger partial charge < -0.3 is 4.74 Å². The van der Waals surface area contributed by atoms with E-state index in [1.165, 1.54) is 4.90 Å². The Morgan fingerprint density at radius 1 is 1.08 bits per heavy atom. The number of hydrogen-bond donors (Lipinski definition) is 0. The van der Waals surface area contributed by atoms with Gasteiger partial charge in [-0.1, -0.05) is 54.1 Å². The average molecular weight is 344 g/mol. The minimum atomic E-state index is -0.544. The topological polar surface area (TPSA) is 46.6 Å². The smallest absolute Gasteiger partial charge is 0.416 e. The molecule has 3 rings (SSSR count). The summed E-state index contributed by atoms with van der Waals surface area (Å²) >= 11 is 5.86. The summed E-state index contributed by atoms with van der Waals surface area (Å²) in [7, 11) is 0. The van der Waals surface area contributed by atoms with Crippen molar-refractivity contribution in [2.45, 2.75) is 25.3 Å². The Morgan fingerprint density at radius 2 is 1.79 bits per heavy atom. The van der Waals surface area contributed by atoms with Gasteiger partial charge in [-0.2, -0.15) is 0 Å². The standard InChI is InChI=1S/C19H18ClNO3/c20-16-9-6-14(7-10-16)8-11-18(22)21-17(13-24-19(21)23)12-15-4-2-1-3-5-15/h1-7,9-10,17H,8,11-13H2/t17-/m0/s1. The quantitative estimate of drug-likeness (QED) is 0.828. The van der Waals surface area contributed by atoms with Crippen LogP contribution in [0.3, 0.4) is 0 Å². The molecule has 1 heterocycles. The SMILES string of the molecule is O=C(CCc1ccc(Cl)cc1)N1C(=O)OC[C@@H]1Cc1ccccc1. The van der Waals surface area contributed by atoms with Crippen molar-refractivity contribution in [1.29, 1.82) is 0 Å². The molecule has 0 saturated carbocycles. The van der Waals surface area contributed by atoms with Crippen LogP contribution in [0.2, 0.25) is 5.02 Å². The van der Waals surface area contributed by atoms with Crippen LogP contribution >= 0.6 is 11.6 Å². The molecule has 1 fully saturated rings. The maximum Gasteiger partial charge on any atom is 0.416 e. The lowest BCUT2D eigenvalue weighted by Gasteiger charge is -2.19. The van der Waals surface area contributed by atoms with E-state index in [0.717, 1.165) is 11.1 Å². The zero-order valence-electron chi connectivity index (χ0n) is 13.2. The lowest BCUT2D eigenvalue weighted by molar-refractivity contribution is -0.129. The highest BCUT2D eigenvalue weighted by Crippen LogP contribution is 2.19. The number of imide groups is 1. The van der Waals surface area contributed by atoms with E-state index in [-0.39, 0.29) is 25.0 Å². The van der Waals surface area contributed by atoms with Crippen molar-refractivity contribution in [3.8, 4) is 0 Å². The molecule has 0 unspecified atom stereocenters. The van der Waals surface area contributed by atoms with Gasteiger partial charge in [0, 0.05) is 11.4 Å². The number of halogens is 1. The first-order valence-electron chi connectivity index (χ1n) is 7.90. The fourth-order valence-electron chi connectivity index (χ4n) is 2.83. The minimum Gasteiger partial charge on any atom is -0.447 e. The predicted molar refractivity (Wildman–Crippen MR) is 91.9 cm³/mol. The number of benzene rings is 2. The van der Waals surface area contributed by atoms with Crippen molar-refractivity contribution in [2.75, 3.05) is 6.61 Å². The Morgan fingerprint density at radius 3 is 2.50 bits per heavy atom. The van der Waals surface area contributed by atoms with Gasteiger partial charge in [0.05, 0.1) is 6.04 Å². The number of cyclic esters (lactones) is 1. The van der Waals surface area contributed by atoms with E-state index in [4.69, 9.17) is 16.3 Å². The van der Waals surface area contributed by atoms with Crippen molar-refractivity contribution >= 4 is 23.6 Å². The molecule has 1 atom stereocenters. The molecule has 2 aromatic rings. The molecule has 24 heavy (non-hydrogen) atoms. The summed E-state index contributed by atoms with van der Waals surface area (Å²) in [6.07, 6.45) is 0.899. The van der Waals surface area contributed by atoms with Crippen LogP contribution in [0.15, 0.2) is 54.6 Å². The molecule has 0 aromatic heterocycles. The third-order valence-corrected chi connectivity index (χ3v) is 4.34. The van der Waals surface area contributed by atoms with Crippen molar-refractivity contribution in [2.24, 2.45) is 0 Å². The molecule has 0 bridgehead atoms. The first kappa shape index (κ1) is 16.5. The molecular formula is C19H18ClNO3. The molecule has 0 N–H and O–H groups in total. The lowest BCUT2D eigenvalue weighted by Crippen LogP contribution is -2.40. The third kappa shape index (κ3) is 3.95. The summed E-state index contributed by atoms with van der Waals surface area (Å²) in [5, 5.41) is 0.663. The maximum atomic E-state index is 12.5. The Bertz CT molecular complexity index is 715. The zero-order valence-corrected chi connectivity index (χ0v) is 13.9. The van der Waals surface area contributed by atoms with E-state index in [1.807, 2.05) is 42.5 Å². The summed E-state index contributed by atoms with van der Waals surface area (Å²) in [6, 6.07) is 16.9. The molecule has 4 nitrogen and oxygen atoms in total. The van der Waals surface area contributed by atoms with E-state index < -0.39 is 6.09 Å². The second-order valence-corrected chi connectivity index (χ2v) is 6.25. The molecule has 2 amide bonds. The number of ether oxygens (including phenoxy) is 1. The van der Waals surface area contributed by atoms with Gasteiger partial charge in [0.15, 0.2) is 0 Å². The second-order valence-electron chi connectivity index (χ2n) is 5.81. The van der Waals surface area contributed by atoms with E-state index in [1.54, 1.807) is 12.1 Å². The third-order valence-electron chi connectivity index (χ3n) is 4.08. The number of carbonyl (C=O) groups excluding carboxylic acids is 2. The number of amides is 2. The van der Waals surface area contributed by atoms with Gasteiger partial charge in [-0.05, 0) is 36.1 Å². The lowest BCUT2D eigenvalue weighted by atomic mass is 10.0. The Balaban J connectivity index is 1.62. The van der Waals surface area contributed by atoms with Gasteiger partial charge >= 0.3 is 6.09 Å². The molecule has 1 saturated heterocycles. The van der Waals surface area contributed by atoms with Crippen LogP contribution in [0.1, 0.15) is 17.5 Å². The van der Waals surface area contributed by atoms with Gasteiger partial charge in [-0.15, -0.1) is 0 Å². The van der Waals surface area contributed by atoms with Crippen LogP contribution < -0.4 is 0 Å². The Labute approximate surface area is 146 Å². The minimum absolute atomic E-state index is 0.201. The highest BCUT2D eigenvalue weighted by molar-refractivity contribution is 6.30. The van der Waals surface area contributed by atoms with Crippen molar-refractivity contribution < 1.29 is 14.3 Å². The fourth-order valence-corrected chi connectivity index (χ4v) is 2.95. The van der Waals surface area contributed by atoms with Gasteiger partial charge in [-0.3, -0.25) is 4.79 Å². The molecule has 1 aliphatic rings.